The monoisotopic (exact) mass is 431 g/mol. The van der Waals surface area contributed by atoms with E-state index in [2.05, 4.69) is 10.1 Å². The van der Waals surface area contributed by atoms with Crippen LogP contribution in [0.5, 0.6) is 11.5 Å². The molecule has 2 aromatic rings. The van der Waals surface area contributed by atoms with Crippen molar-refractivity contribution in [2.75, 3.05) is 19.5 Å². The number of alkyl halides is 3. The maximum Gasteiger partial charge on any atom is 0.416 e. The number of hydrogen-bond donors (Lipinski definition) is 1. The van der Waals surface area contributed by atoms with Crippen molar-refractivity contribution in [2.45, 2.75) is 19.2 Å². The Morgan fingerprint density at radius 1 is 1.07 bits per heavy atom. The number of esters is 1. The molecule has 1 atom stereocenters. The van der Waals surface area contributed by atoms with Crippen LogP contribution in [0.4, 0.5) is 18.9 Å². The molecular weight excluding hydrogens is 415 g/mol. The van der Waals surface area contributed by atoms with Crippen LogP contribution in [0.25, 0.3) is 0 Å². The van der Waals surface area contributed by atoms with Gasteiger partial charge in [0.05, 0.1) is 36.1 Å². The Bertz CT molecular complexity index is 917. The minimum Gasteiger partial charge on any atom is -0.493 e. The lowest BCUT2D eigenvalue weighted by atomic mass is 10.2. The van der Waals surface area contributed by atoms with Crippen LogP contribution in [0.3, 0.4) is 0 Å². The molecule has 0 fully saturated rings. The van der Waals surface area contributed by atoms with Gasteiger partial charge in [-0.05, 0) is 43.3 Å². The first kappa shape index (κ1) is 22.4. The number of amides is 1. The van der Waals surface area contributed by atoms with Crippen LogP contribution in [-0.2, 0) is 15.7 Å². The Kier molecular flexibility index (Phi) is 6.97. The molecule has 0 spiro atoms. The quantitative estimate of drug-likeness (QED) is 0.679. The fourth-order valence-electron chi connectivity index (χ4n) is 2.29. The van der Waals surface area contributed by atoms with E-state index in [1.807, 2.05) is 0 Å². The molecule has 2 rings (SSSR count). The topological polar surface area (TPSA) is 73.9 Å². The van der Waals surface area contributed by atoms with Crippen molar-refractivity contribution in [3.8, 4) is 11.5 Å². The number of halogens is 4. The predicted molar refractivity (Wildman–Crippen MR) is 99.5 cm³/mol. The van der Waals surface area contributed by atoms with E-state index in [0.29, 0.717) is 0 Å². The van der Waals surface area contributed by atoms with E-state index in [1.165, 1.54) is 39.3 Å². The lowest BCUT2D eigenvalue weighted by molar-refractivity contribution is -0.137. The van der Waals surface area contributed by atoms with Gasteiger partial charge in [0.2, 0.25) is 0 Å². The zero-order valence-corrected chi connectivity index (χ0v) is 16.4. The molecule has 6 nitrogen and oxygen atoms in total. The van der Waals surface area contributed by atoms with Gasteiger partial charge in [0.15, 0.2) is 17.6 Å². The van der Waals surface area contributed by atoms with Crippen molar-refractivity contribution in [1.29, 1.82) is 0 Å². The molecule has 10 heteroatoms. The number of carbonyl (C=O) groups excluding carboxylic acids is 2. The van der Waals surface area contributed by atoms with Gasteiger partial charge in [-0.1, -0.05) is 11.6 Å². The molecule has 0 aliphatic heterocycles. The summed E-state index contributed by atoms with van der Waals surface area (Å²) in [6, 6.07) is 6.78. The summed E-state index contributed by atoms with van der Waals surface area (Å²) in [5.74, 6) is -0.993. The number of carbonyl (C=O) groups is 2. The lowest BCUT2D eigenvalue weighted by Gasteiger charge is -2.18. The maximum atomic E-state index is 12.9. The third-order valence-corrected chi connectivity index (χ3v) is 4.14. The fourth-order valence-corrected chi connectivity index (χ4v) is 2.45. The highest BCUT2D eigenvalue weighted by Gasteiger charge is 2.31. The first-order chi connectivity index (χ1) is 13.6. The fraction of sp³-hybridized carbons (Fsp3) is 0.263. The summed E-state index contributed by atoms with van der Waals surface area (Å²) < 4.78 is 53.8. The minimum atomic E-state index is -4.58. The molecule has 0 bridgehead atoms. The summed E-state index contributed by atoms with van der Waals surface area (Å²) >= 11 is 5.88. The van der Waals surface area contributed by atoms with Crippen molar-refractivity contribution in [3.05, 3.63) is 52.5 Å². The van der Waals surface area contributed by atoms with Crippen LogP contribution in [-0.4, -0.2) is 32.2 Å². The van der Waals surface area contributed by atoms with Gasteiger partial charge in [-0.25, -0.2) is 4.79 Å². The highest BCUT2D eigenvalue weighted by molar-refractivity contribution is 6.33. The van der Waals surface area contributed by atoms with Gasteiger partial charge in [-0.3, -0.25) is 4.79 Å². The molecule has 0 aliphatic rings. The molecule has 2 aromatic carbocycles. The van der Waals surface area contributed by atoms with Gasteiger partial charge in [-0.2, -0.15) is 13.2 Å². The predicted octanol–water partition coefficient (Wildman–Crippen LogP) is 4.56. The second kappa shape index (κ2) is 9.04. The molecule has 1 N–H and O–H groups in total. The van der Waals surface area contributed by atoms with Gasteiger partial charge in [0.25, 0.3) is 5.91 Å². The van der Waals surface area contributed by atoms with E-state index in [9.17, 15) is 22.8 Å². The SMILES string of the molecule is COC(=O)c1ccc(OC(C)C(=O)Nc2cc(C(F)(F)F)ccc2Cl)c(OC)c1. The highest BCUT2D eigenvalue weighted by atomic mass is 35.5. The zero-order valence-electron chi connectivity index (χ0n) is 15.6. The molecule has 29 heavy (non-hydrogen) atoms. The average Bonchev–Trinajstić information content (AvgIpc) is 2.68. The van der Waals surface area contributed by atoms with Crippen LogP contribution in [0.2, 0.25) is 5.02 Å². The van der Waals surface area contributed by atoms with Gasteiger partial charge >= 0.3 is 12.1 Å². The largest absolute Gasteiger partial charge is 0.493 e. The van der Waals surface area contributed by atoms with Crippen LogP contribution < -0.4 is 14.8 Å². The molecule has 0 heterocycles. The third kappa shape index (κ3) is 5.54. The average molecular weight is 432 g/mol. The van der Waals surface area contributed by atoms with Crippen LogP contribution in [0, 0.1) is 0 Å². The smallest absolute Gasteiger partial charge is 0.416 e. The summed E-state index contributed by atoms with van der Waals surface area (Å²) in [4.78, 5) is 23.9. The summed E-state index contributed by atoms with van der Waals surface area (Å²) in [5, 5.41) is 2.25. The highest BCUT2D eigenvalue weighted by Crippen LogP contribution is 2.34. The van der Waals surface area contributed by atoms with Gasteiger partial charge < -0.3 is 19.5 Å². The zero-order chi connectivity index (χ0) is 21.8. The summed E-state index contributed by atoms with van der Waals surface area (Å²) in [5.41, 5.74) is -0.940. The molecule has 0 saturated heterocycles. The van der Waals surface area contributed by atoms with Gasteiger partial charge in [0.1, 0.15) is 0 Å². The normalized spacial score (nSPS) is 12.1. The second-order valence-electron chi connectivity index (χ2n) is 5.80. The number of hydrogen-bond acceptors (Lipinski definition) is 5. The van der Waals surface area contributed by atoms with E-state index >= 15 is 0 Å². The van der Waals surface area contributed by atoms with E-state index < -0.39 is 29.7 Å². The standard InChI is InChI=1S/C19H17ClF3NO5/c1-10(29-15-7-4-11(18(26)28-3)8-16(15)27-2)17(25)24-14-9-12(19(21,22)23)5-6-13(14)20/h4-10H,1-3H3,(H,24,25). The molecular formula is C19H17ClF3NO5. The molecule has 0 radical (unpaired) electrons. The Hall–Kier alpha value is -2.94. The van der Waals surface area contributed by atoms with Crippen molar-refractivity contribution < 1.29 is 37.0 Å². The summed E-state index contributed by atoms with van der Waals surface area (Å²) in [6.07, 6.45) is -5.69. The lowest BCUT2D eigenvalue weighted by Crippen LogP contribution is -2.30. The van der Waals surface area contributed by atoms with Crippen molar-refractivity contribution in [1.82, 2.24) is 0 Å². The van der Waals surface area contributed by atoms with Crippen LogP contribution in [0.1, 0.15) is 22.8 Å². The summed E-state index contributed by atoms with van der Waals surface area (Å²) in [7, 11) is 2.57. The number of nitrogens with one attached hydrogen (secondary N) is 1. The van der Waals surface area contributed by atoms with Crippen LogP contribution in [0.15, 0.2) is 36.4 Å². The first-order valence-corrected chi connectivity index (χ1v) is 8.55. The van der Waals surface area contributed by atoms with E-state index in [-0.39, 0.29) is 27.8 Å². The number of methoxy groups -OCH3 is 2. The molecule has 1 unspecified atom stereocenters. The van der Waals surface area contributed by atoms with Crippen LogP contribution >= 0.6 is 11.6 Å². The maximum absolute atomic E-state index is 12.9. The van der Waals surface area contributed by atoms with Crippen molar-refractivity contribution >= 4 is 29.2 Å². The number of ether oxygens (including phenoxy) is 3. The molecule has 0 aliphatic carbocycles. The second-order valence-corrected chi connectivity index (χ2v) is 6.21. The number of anilines is 1. The van der Waals surface area contributed by atoms with Gasteiger partial charge in [0, 0.05) is 0 Å². The third-order valence-electron chi connectivity index (χ3n) is 3.81. The van der Waals surface area contributed by atoms with Gasteiger partial charge in [-0.15, -0.1) is 0 Å². The Balaban J connectivity index is 2.17. The molecule has 0 aromatic heterocycles. The minimum absolute atomic E-state index is 0.0569. The summed E-state index contributed by atoms with van der Waals surface area (Å²) in [6.45, 7) is 1.39. The Morgan fingerprint density at radius 3 is 2.34 bits per heavy atom. The molecule has 0 saturated carbocycles. The first-order valence-electron chi connectivity index (χ1n) is 8.17. The van der Waals surface area contributed by atoms with Crippen molar-refractivity contribution in [3.63, 3.8) is 0 Å². The van der Waals surface area contributed by atoms with E-state index in [0.717, 1.165) is 18.2 Å². The van der Waals surface area contributed by atoms with Crippen molar-refractivity contribution in [2.24, 2.45) is 0 Å². The van der Waals surface area contributed by atoms with E-state index in [1.54, 1.807) is 0 Å². The Morgan fingerprint density at radius 2 is 1.76 bits per heavy atom. The van der Waals surface area contributed by atoms with E-state index in [4.69, 9.17) is 21.1 Å². The number of rotatable bonds is 6. The number of benzene rings is 2. The molecule has 1 amide bonds. The Labute approximate surface area is 169 Å². The molecule has 156 valence electrons.